The molecular formula is C11H15FN2O2. The summed E-state index contributed by atoms with van der Waals surface area (Å²) >= 11 is 0. The van der Waals surface area contributed by atoms with Crippen LogP contribution in [0.1, 0.15) is 18.9 Å². The van der Waals surface area contributed by atoms with Crippen LogP contribution in [0.25, 0.3) is 0 Å². The van der Waals surface area contributed by atoms with Crippen molar-refractivity contribution in [3.05, 3.63) is 29.8 Å². The van der Waals surface area contributed by atoms with Gasteiger partial charge in [0.2, 0.25) is 5.91 Å². The summed E-state index contributed by atoms with van der Waals surface area (Å²) in [7, 11) is 0. The fourth-order valence-corrected chi connectivity index (χ4v) is 1.20. The van der Waals surface area contributed by atoms with E-state index in [-0.39, 0.29) is 18.9 Å². The van der Waals surface area contributed by atoms with Crippen molar-refractivity contribution in [3.63, 3.8) is 0 Å². The Bertz CT molecular complexity index is 356. The summed E-state index contributed by atoms with van der Waals surface area (Å²) in [4.78, 5) is 15.0. The van der Waals surface area contributed by atoms with Crippen molar-refractivity contribution in [3.8, 4) is 0 Å². The van der Waals surface area contributed by atoms with E-state index < -0.39 is 11.9 Å². The summed E-state index contributed by atoms with van der Waals surface area (Å²) in [5, 5.41) is 11.5. The van der Waals surface area contributed by atoms with Crippen LogP contribution < -0.4 is 5.32 Å². The van der Waals surface area contributed by atoms with E-state index in [0.717, 1.165) is 6.20 Å². The molecule has 0 saturated carbocycles. The number of aliphatic hydroxyl groups is 1. The van der Waals surface area contributed by atoms with Gasteiger partial charge >= 0.3 is 0 Å². The molecule has 16 heavy (non-hydrogen) atoms. The first-order valence-electron chi connectivity index (χ1n) is 5.12. The first kappa shape index (κ1) is 12.6. The molecule has 4 nitrogen and oxygen atoms in total. The van der Waals surface area contributed by atoms with E-state index in [1.165, 1.54) is 12.3 Å². The second-order valence-corrected chi connectivity index (χ2v) is 3.66. The van der Waals surface area contributed by atoms with E-state index in [4.69, 9.17) is 5.11 Å². The van der Waals surface area contributed by atoms with E-state index in [2.05, 4.69) is 10.3 Å². The zero-order valence-electron chi connectivity index (χ0n) is 9.11. The average molecular weight is 226 g/mol. The van der Waals surface area contributed by atoms with Gasteiger partial charge in [-0.05, 0) is 25.0 Å². The smallest absolute Gasteiger partial charge is 0.220 e. The number of carbonyl (C=O) groups excluding carboxylic acids is 1. The SMILES string of the molecule is CC(O)CNC(=O)CCc1cncc(F)c1. The van der Waals surface area contributed by atoms with Gasteiger partial charge in [0.1, 0.15) is 5.82 Å². The largest absolute Gasteiger partial charge is 0.392 e. The number of pyridine rings is 1. The third-order valence-electron chi connectivity index (χ3n) is 2.00. The number of nitrogens with one attached hydrogen (secondary N) is 1. The maximum Gasteiger partial charge on any atom is 0.220 e. The van der Waals surface area contributed by atoms with Gasteiger partial charge in [0, 0.05) is 19.2 Å². The Labute approximate surface area is 93.5 Å². The van der Waals surface area contributed by atoms with E-state index in [9.17, 15) is 9.18 Å². The molecule has 0 aliphatic heterocycles. The van der Waals surface area contributed by atoms with Crippen molar-refractivity contribution in [1.82, 2.24) is 10.3 Å². The number of nitrogens with zero attached hydrogens (tertiary/aromatic N) is 1. The molecule has 0 saturated heterocycles. The van der Waals surface area contributed by atoms with Gasteiger partial charge in [-0.25, -0.2) is 4.39 Å². The van der Waals surface area contributed by atoms with Crippen molar-refractivity contribution < 1.29 is 14.3 Å². The second-order valence-electron chi connectivity index (χ2n) is 3.66. The number of amides is 1. The summed E-state index contributed by atoms with van der Waals surface area (Å²) in [5.41, 5.74) is 0.687. The Morgan fingerprint density at radius 3 is 3.00 bits per heavy atom. The predicted molar refractivity (Wildman–Crippen MR) is 57.2 cm³/mol. The normalized spacial score (nSPS) is 12.2. The molecule has 1 amide bonds. The number of hydrogen-bond acceptors (Lipinski definition) is 3. The number of aliphatic hydroxyl groups excluding tert-OH is 1. The van der Waals surface area contributed by atoms with E-state index in [1.54, 1.807) is 6.92 Å². The van der Waals surface area contributed by atoms with Crippen LogP contribution in [0, 0.1) is 5.82 Å². The Morgan fingerprint density at radius 1 is 1.62 bits per heavy atom. The Balaban J connectivity index is 2.31. The zero-order valence-corrected chi connectivity index (χ0v) is 9.11. The lowest BCUT2D eigenvalue weighted by Gasteiger charge is -2.06. The minimum absolute atomic E-state index is 0.162. The number of aromatic nitrogens is 1. The molecule has 0 aliphatic rings. The molecule has 1 aromatic rings. The maximum atomic E-state index is 12.7. The van der Waals surface area contributed by atoms with E-state index in [0.29, 0.717) is 12.0 Å². The molecule has 0 bridgehead atoms. The number of aryl methyl sites for hydroxylation is 1. The average Bonchev–Trinajstić information content (AvgIpc) is 2.23. The van der Waals surface area contributed by atoms with Gasteiger partial charge in [0.15, 0.2) is 0 Å². The highest BCUT2D eigenvalue weighted by Crippen LogP contribution is 2.03. The summed E-state index contributed by atoms with van der Waals surface area (Å²) in [6, 6.07) is 1.36. The van der Waals surface area contributed by atoms with Gasteiger partial charge in [0.05, 0.1) is 12.3 Å². The first-order chi connectivity index (χ1) is 7.58. The van der Waals surface area contributed by atoms with Crippen molar-refractivity contribution in [2.24, 2.45) is 0 Å². The quantitative estimate of drug-likeness (QED) is 0.775. The van der Waals surface area contributed by atoms with Gasteiger partial charge in [0.25, 0.3) is 0 Å². The van der Waals surface area contributed by atoms with Crippen LogP contribution in [0.3, 0.4) is 0 Å². The predicted octanol–water partition coefficient (Wildman–Crippen LogP) is 0.650. The van der Waals surface area contributed by atoms with Crippen LogP contribution in [0.15, 0.2) is 18.5 Å². The zero-order chi connectivity index (χ0) is 12.0. The lowest BCUT2D eigenvalue weighted by Crippen LogP contribution is -2.30. The maximum absolute atomic E-state index is 12.7. The van der Waals surface area contributed by atoms with Crippen LogP contribution in [-0.4, -0.2) is 28.6 Å². The molecule has 5 heteroatoms. The Kier molecular flexibility index (Phi) is 4.85. The van der Waals surface area contributed by atoms with Crippen molar-refractivity contribution in [2.75, 3.05) is 6.54 Å². The number of carbonyl (C=O) groups is 1. The molecule has 1 rings (SSSR count). The minimum Gasteiger partial charge on any atom is -0.392 e. The van der Waals surface area contributed by atoms with Crippen LogP contribution >= 0.6 is 0 Å². The van der Waals surface area contributed by atoms with Crippen LogP contribution in [0.4, 0.5) is 4.39 Å². The Morgan fingerprint density at radius 2 is 2.38 bits per heavy atom. The van der Waals surface area contributed by atoms with Crippen molar-refractivity contribution in [2.45, 2.75) is 25.9 Å². The lowest BCUT2D eigenvalue weighted by atomic mass is 10.1. The lowest BCUT2D eigenvalue weighted by molar-refractivity contribution is -0.121. The number of halogens is 1. The molecule has 0 fully saturated rings. The summed E-state index contributed by atoms with van der Waals surface area (Å²) in [6.07, 6.45) is 2.80. The van der Waals surface area contributed by atoms with Crippen LogP contribution in [0.5, 0.6) is 0 Å². The molecule has 1 unspecified atom stereocenters. The highest BCUT2D eigenvalue weighted by atomic mass is 19.1. The third kappa shape index (κ3) is 4.84. The van der Waals surface area contributed by atoms with Gasteiger partial charge in [-0.15, -0.1) is 0 Å². The van der Waals surface area contributed by atoms with E-state index in [1.807, 2.05) is 0 Å². The molecule has 0 aromatic carbocycles. The molecular weight excluding hydrogens is 211 g/mol. The highest BCUT2D eigenvalue weighted by molar-refractivity contribution is 5.76. The van der Waals surface area contributed by atoms with E-state index >= 15 is 0 Å². The minimum atomic E-state index is -0.556. The van der Waals surface area contributed by atoms with Crippen LogP contribution in [0.2, 0.25) is 0 Å². The number of hydrogen-bond donors (Lipinski definition) is 2. The molecule has 2 N–H and O–H groups in total. The van der Waals surface area contributed by atoms with Crippen molar-refractivity contribution >= 4 is 5.91 Å². The summed E-state index contributed by atoms with van der Waals surface area (Å²) in [5.74, 6) is -0.563. The third-order valence-corrected chi connectivity index (χ3v) is 2.00. The molecule has 1 heterocycles. The topological polar surface area (TPSA) is 62.2 Å². The fraction of sp³-hybridized carbons (Fsp3) is 0.455. The van der Waals surface area contributed by atoms with Gasteiger partial charge in [-0.3, -0.25) is 9.78 Å². The Hall–Kier alpha value is -1.49. The molecule has 0 aliphatic carbocycles. The van der Waals surface area contributed by atoms with Crippen LogP contribution in [-0.2, 0) is 11.2 Å². The summed E-state index contributed by atoms with van der Waals surface area (Å²) in [6.45, 7) is 1.83. The molecule has 1 aromatic heterocycles. The summed E-state index contributed by atoms with van der Waals surface area (Å²) < 4.78 is 12.7. The second kappa shape index (κ2) is 6.17. The molecule has 88 valence electrons. The molecule has 1 atom stereocenters. The van der Waals surface area contributed by atoms with Gasteiger partial charge < -0.3 is 10.4 Å². The van der Waals surface area contributed by atoms with Gasteiger partial charge in [-0.2, -0.15) is 0 Å². The standard InChI is InChI=1S/C11H15FN2O2/c1-8(15)5-14-11(16)3-2-9-4-10(12)7-13-6-9/h4,6-8,15H,2-3,5H2,1H3,(H,14,16). The van der Waals surface area contributed by atoms with Gasteiger partial charge in [-0.1, -0.05) is 0 Å². The highest BCUT2D eigenvalue weighted by Gasteiger charge is 2.04. The van der Waals surface area contributed by atoms with Crippen molar-refractivity contribution in [1.29, 1.82) is 0 Å². The fourth-order valence-electron chi connectivity index (χ4n) is 1.20. The molecule has 0 spiro atoms. The molecule has 0 radical (unpaired) electrons. The number of rotatable bonds is 5. The first-order valence-corrected chi connectivity index (χ1v) is 5.12. The monoisotopic (exact) mass is 226 g/mol.